The molecule has 1 atom stereocenters. The van der Waals surface area contributed by atoms with E-state index in [1.165, 1.54) is 0 Å². The normalized spacial score (nSPS) is 19.9. The van der Waals surface area contributed by atoms with E-state index in [0.717, 1.165) is 13.1 Å². The molecule has 1 aromatic rings. The Balaban J connectivity index is 1.84. The molecule has 1 heterocycles. The molecule has 0 amide bonds. The number of ether oxygens (including phenoxy) is 1. The van der Waals surface area contributed by atoms with Crippen molar-refractivity contribution in [3.05, 3.63) is 28.2 Å². The van der Waals surface area contributed by atoms with Crippen molar-refractivity contribution in [1.29, 1.82) is 5.26 Å². The van der Waals surface area contributed by atoms with Gasteiger partial charge in [0, 0.05) is 31.2 Å². The molecule has 1 aromatic carbocycles. The van der Waals surface area contributed by atoms with E-state index in [4.69, 9.17) is 33.2 Å². The zero-order valence-corrected chi connectivity index (χ0v) is 11.9. The van der Waals surface area contributed by atoms with Gasteiger partial charge in [0.05, 0.1) is 11.1 Å². The Labute approximate surface area is 122 Å². The van der Waals surface area contributed by atoms with E-state index in [9.17, 15) is 0 Å². The molecule has 102 valence electrons. The van der Waals surface area contributed by atoms with Crippen molar-refractivity contribution < 1.29 is 4.74 Å². The number of nitriles is 1. The molecule has 1 N–H and O–H groups in total. The number of piperazine rings is 1. The summed E-state index contributed by atoms with van der Waals surface area (Å²) in [5.41, 5.74) is 0. The lowest BCUT2D eigenvalue weighted by molar-refractivity contribution is 0.161. The van der Waals surface area contributed by atoms with Crippen LogP contribution in [0.4, 0.5) is 0 Å². The van der Waals surface area contributed by atoms with E-state index in [2.05, 4.69) is 16.3 Å². The second-order valence-corrected chi connectivity index (χ2v) is 5.15. The third-order valence-corrected chi connectivity index (χ3v) is 3.56. The van der Waals surface area contributed by atoms with Crippen molar-refractivity contribution >= 4 is 23.2 Å². The van der Waals surface area contributed by atoms with Gasteiger partial charge in [0.15, 0.2) is 0 Å². The summed E-state index contributed by atoms with van der Waals surface area (Å²) in [7, 11) is 0. The lowest BCUT2D eigenvalue weighted by atomic mass is 10.2. The second-order valence-electron chi connectivity index (χ2n) is 4.31. The largest absolute Gasteiger partial charge is 0.491 e. The summed E-state index contributed by atoms with van der Waals surface area (Å²) < 4.78 is 5.63. The van der Waals surface area contributed by atoms with Crippen LogP contribution in [0.1, 0.15) is 0 Å². The number of benzene rings is 1. The van der Waals surface area contributed by atoms with E-state index in [1.807, 2.05) is 0 Å². The Bertz CT molecular complexity index is 475. The first kappa shape index (κ1) is 14.4. The summed E-state index contributed by atoms with van der Waals surface area (Å²) in [4.78, 5) is 2.11. The zero-order chi connectivity index (χ0) is 13.7. The van der Waals surface area contributed by atoms with Crippen molar-refractivity contribution in [3.63, 3.8) is 0 Å². The summed E-state index contributed by atoms with van der Waals surface area (Å²) >= 11 is 11.8. The topological polar surface area (TPSA) is 48.3 Å². The smallest absolute Gasteiger partial charge is 0.138 e. The summed E-state index contributed by atoms with van der Waals surface area (Å²) in [5, 5.41) is 13.3. The third kappa shape index (κ3) is 3.99. The summed E-state index contributed by atoms with van der Waals surface area (Å²) in [6.07, 6.45) is 0. The van der Waals surface area contributed by atoms with Gasteiger partial charge in [-0.1, -0.05) is 23.2 Å². The molecule has 19 heavy (non-hydrogen) atoms. The van der Waals surface area contributed by atoms with Crippen molar-refractivity contribution in [2.75, 3.05) is 32.8 Å². The molecule has 0 radical (unpaired) electrons. The standard InChI is InChI=1S/C13H15Cl2N3O/c14-10-1-2-13(12(15)7-10)19-6-5-18-4-3-17-9-11(18)8-16/h1-2,7,11,17H,3-6,9H2. The van der Waals surface area contributed by atoms with Crippen LogP contribution in [-0.2, 0) is 0 Å². The van der Waals surface area contributed by atoms with Crippen LogP contribution >= 0.6 is 23.2 Å². The van der Waals surface area contributed by atoms with Crippen molar-refractivity contribution in [2.24, 2.45) is 0 Å². The predicted molar refractivity (Wildman–Crippen MR) is 75.8 cm³/mol. The monoisotopic (exact) mass is 299 g/mol. The first-order valence-corrected chi connectivity index (χ1v) is 6.88. The number of nitrogens with one attached hydrogen (secondary N) is 1. The Morgan fingerprint density at radius 2 is 2.32 bits per heavy atom. The second kappa shape index (κ2) is 6.97. The fourth-order valence-electron chi connectivity index (χ4n) is 2.01. The van der Waals surface area contributed by atoms with Gasteiger partial charge in [-0.25, -0.2) is 0 Å². The zero-order valence-electron chi connectivity index (χ0n) is 10.4. The first-order chi connectivity index (χ1) is 9.20. The third-order valence-electron chi connectivity index (χ3n) is 3.03. The number of halogens is 2. The minimum Gasteiger partial charge on any atom is -0.491 e. The molecular formula is C13H15Cl2N3O. The number of hydrogen-bond donors (Lipinski definition) is 1. The predicted octanol–water partition coefficient (Wildman–Crippen LogP) is 2.17. The molecule has 0 bridgehead atoms. The Morgan fingerprint density at radius 3 is 3.05 bits per heavy atom. The SMILES string of the molecule is N#CC1CNCCN1CCOc1ccc(Cl)cc1Cl. The quantitative estimate of drug-likeness (QED) is 0.926. The lowest BCUT2D eigenvalue weighted by Gasteiger charge is -2.31. The highest BCUT2D eigenvalue weighted by Crippen LogP contribution is 2.27. The highest BCUT2D eigenvalue weighted by Gasteiger charge is 2.21. The molecule has 1 aliphatic heterocycles. The van der Waals surface area contributed by atoms with E-state index in [-0.39, 0.29) is 6.04 Å². The Kier molecular flexibility index (Phi) is 5.29. The first-order valence-electron chi connectivity index (χ1n) is 6.13. The van der Waals surface area contributed by atoms with Crippen molar-refractivity contribution in [1.82, 2.24) is 10.2 Å². The molecule has 6 heteroatoms. The lowest BCUT2D eigenvalue weighted by Crippen LogP contribution is -2.51. The Hall–Kier alpha value is -0.990. The molecule has 2 rings (SSSR count). The van der Waals surface area contributed by atoms with Crippen LogP contribution in [0.5, 0.6) is 5.75 Å². The molecule has 1 fully saturated rings. The highest BCUT2D eigenvalue weighted by molar-refractivity contribution is 6.35. The fraction of sp³-hybridized carbons (Fsp3) is 0.462. The average Bonchev–Trinajstić information content (AvgIpc) is 2.42. The number of nitrogens with zero attached hydrogens (tertiary/aromatic N) is 2. The van der Waals surface area contributed by atoms with Crippen LogP contribution < -0.4 is 10.1 Å². The van der Waals surface area contributed by atoms with Crippen LogP contribution in [0.2, 0.25) is 10.0 Å². The van der Waals surface area contributed by atoms with Crippen molar-refractivity contribution in [3.8, 4) is 11.8 Å². The van der Waals surface area contributed by atoms with Crippen LogP contribution in [0.25, 0.3) is 0 Å². The fourth-order valence-corrected chi connectivity index (χ4v) is 2.47. The van der Waals surface area contributed by atoms with Gasteiger partial charge in [0.1, 0.15) is 18.4 Å². The number of hydrogen-bond acceptors (Lipinski definition) is 4. The maximum atomic E-state index is 9.04. The molecule has 1 saturated heterocycles. The minimum absolute atomic E-state index is 0.0851. The van der Waals surface area contributed by atoms with Crippen molar-refractivity contribution in [2.45, 2.75) is 6.04 Å². The van der Waals surface area contributed by atoms with Gasteiger partial charge in [-0.15, -0.1) is 0 Å². The van der Waals surface area contributed by atoms with Gasteiger partial charge in [-0.2, -0.15) is 5.26 Å². The van der Waals surface area contributed by atoms with Gasteiger partial charge < -0.3 is 10.1 Å². The maximum Gasteiger partial charge on any atom is 0.138 e. The molecule has 0 aromatic heterocycles. The highest BCUT2D eigenvalue weighted by atomic mass is 35.5. The molecule has 0 spiro atoms. The molecule has 4 nitrogen and oxygen atoms in total. The van der Waals surface area contributed by atoms with Crippen LogP contribution in [0.15, 0.2) is 18.2 Å². The summed E-state index contributed by atoms with van der Waals surface area (Å²) in [5.74, 6) is 0.620. The minimum atomic E-state index is -0.0851. The van der Waals surface area contributed by atoms with Crippen LogP contribution in [0, 0.1) is 11.3 Å². The van der Waals surface area contributed by atoms with Gasteiger partial charge in [0.2, 0.25) is 0 Å². The van der Waals surface area contributed by atoms with E-state index in [0.29, 0.717) is 35.5 Å². The van der Waals surface area contributed by atoms with Gasteiger partial charge in [0.25, 0.3) is 0 Å². The molecule has 0 aliphatic carbocycles. The maximum absolute atomic E-state index is 9.04. The molecule has 0 saturated carbocycles. The Morgan fingerprint density at radius 1 is 1.47 bits per heavy atom. The molecular weight excluding hydrogens is 285 g/mol. The van der Waals surface area contributed by atoms with Gasteiger partial charge >= 0.3 is 0 Å². The van der Waals surface area contributed by atoms with Crippen LogP contribution in [-0.4, -0.2) is 43.7 Å². The summed E-state index contributed by atoms with van der Waals surface area (Å²) in [6, 6.07) is 7.35. The van der Waals surface area contributed by atoms with E-state index in [1.54, 1.807) is 18.2 Å². The van der Waals surface area contributed by atoms with E-state index >= 15 is 0 Å². The average molecular weight is 300 g/mol. The molecule has 1 unspecified atom stereocenters. The van der Waals surface area contributed by atoms with Gasteiger partial charge in [-0.05, 0) is 18.2 Å². The van der Waals surface area contributed by atoms with Crippen LogP contribution in [0.3, 0.4) is 0 Å². The van der Waals surface area contributed by atoms with Gasteiger partial charge in [-0.3, -0.25) is 4.90 Å². The van der Waals surface area contributed by atoms with E-state index < -0.39 is 0 Å². The molecule has 1 aliphatic rings. The number of rotatable bonds is 4. The summed E-state index contributed by atoms with van der Waals surface area (Å²) in [6.45, 7) is 3.67.